The summed E-state index contributed by atoms with van der Waals surface area (Å²) in [5.74, 6) is 1.08. The van der Waals surface area contributed by atoms with Crippen LogP contribution in [0.15, 0.2) is 29.2 Å². The summed E-state index contributed by atoms with van der Waals surface area (Å²) in [7, 11) is 0.584. The van der Waals surface area contributed by atoms with E-state index in [1.165, 1.54) is 39.5 Å². The smallest absolute Gasteiger partial charge is 0.262 e. The molecule has 0 radical (unpaired) electrons. The quantitative estimate of drug-likeness (QED) is 0.819. The van der Waals surface area contributed by atoms with Gasteiger partial charge in [-0.15, -0.1) is 0 Å². The summed E-state index contributed by atoms with van der Waals surface area (Å²) in [4.78, 5) is 0.156. The maximum absolute atomic E-state index is 12.8. The lowest BCUT2D eigenvalue weighted by molar-refractivity contribution is 0.325. The van der Waals surface area contributed by atoms with E-state index in [1.807, 2.05) is 0 Å². The predicted molar refractivity (Wildman–Crippen MR) is 97.8 cm³/mol. The second-order valence-electron chi connectivity index (χ2n) is 5.39. The van der Waals surface area contributed by atoms with Gasteiger partial charge in [0.25, 0.3) is 10.0 Å². The van der Waals surface area contributed by atoms with E-state index in [1.54, 1.807) is 19.9 Å². The first-order chi connectivity index (χ1) is 11.7. The number of anilines is 1. The molecule has 2 rings (SSSR count). The third-order valence-electron chi connectivity index (χ3n) is 3.66. The van der Waals surface area contributed by atoms with Crippen molar-refractivity contribution in [3.63, 3.8) is 0 Å². The minimum absolute atomic E-state index is 0.156. The first-order valence-corrected chi connectivity index (χ1v) is 9.19. The highest BCUT2D eigenvalue weighted by Gasteiger charge is 2.21. The van der Waals surface area contributed by atoms with Crippen molar-refractivity contribution in [3.05, 3.63) is 40.4 Å². The van der Waals surface area contributed by atoms with Crippen LogP contribution in [0.2, 0.25) is 5.02 Å². The highest BCUT2D eigenvalue weighted by atomic mass is 35.5. The summed E-state index contributed by atoms with van der Waals surface area (Å²) < 4.78 is 43.8. The van der Waals surface area contributed by atoms with Crippen molar-refractivity contribution < 1.29 is 22.6 Å². The van der Waals surface area contributed by atoms with Crippen LogP contribution >= 0.6 is 11.6 Å². The molecular weight excluding hydrogens is 366 g/mol. The Morgan fingerprint density at radius 2 is 1.44 bits per heavy atom. The summed E-state index contributed by atoms with van der Waals surface area (Å²) in [5, 5.41) is 0.518. The number of methoxy groups -OCH3 is 3. The lowest BCUT2D eigenvalue weighted by atomic mass is 10.2. The Balaban J connectivity index is 2.50. The standard InChI is InChI=1S/C17H20ClNO5S/c1-10-7-16(11(2)6-13(10)18)25(20,21)19-12-8-14(22-3)17(24-5)15(9-12)23-4/h6-9,19H,1-5H3. The first-order valence-electron chi connectivity index (χ1n) is 7.33. The van der Waals surface area contributed by atoms with Gasteiger partial charge in [-0.2, -0.15) is 0 Å². The van der Waals surface area contributed by atoms with Crippen LogP contribution in [0.5, 0.6) is 17.2 Å². The van der Waals surface area contributed by atoms with Crippen molar-refractivity contribution in [3.8, 4) is 17.2 Å². The van der Waals surface area contributed by atoms with Crippen LogP contribution in [-0.4, -0.2) is 29.7 Å². The molecule has 2 aromatic carbocycles. The molecule has 0 bridgehead atoms. The van der Waals surface area contributed by atoms with Crippen molar-refractivity contribution >= 4 is 27.3 Å². The van der Waals surface area contributed by atoms with Crippen molar-refractivity contribution in [2.45, 2.75) is 18.7 Å². The lowest BCUT2D eigenvalue weighted by Crippen LogP contribution is -2.15. The number of sulfonamides is 1. The molecule has 0 saturated carbocycles. The van der Waals surface area contributed by atoms with Crippen LogP contribution in [-0.2, 0) is 10.0 Å². The van der Waals surface area contributed by atoms with E-state index in [0.29, 0.717) is 39.1 Å². The van der Waals surface area contributed by atoms with Gasteiger partial charge in [0, 0.05) is 17.2 Å². The van der Waals surface area contributed by atoms with Crippen molar-refractivity contribution in [2.75, 3.05) is 26.1 Å². The average Bonchev–Trinajstić information content (AvgIpc) is 2.56. The second kappa shape index (κ2) is 7.41. The molecule has 6 nitrogen and oxygen atoms in total. The van der Waals surface area contributed by atoms with Gasteiger partial charge in [0.15, 0.2) is 11.5 Å². The third kappa shape index (κ3) is 3.93. The first kappa shape index (κ1) is 19.2. The van der Waals surface area contributed by atoms with E-state index in [-0.39, 0.29) is 4.90 Å². The number of benzene rings is 2. The van der Waals surface area contributed by atoms with E-state index < -0.39 is 10.0 Å². The van der Waals surface area contributed by atoms with Gasteiger partial charge in [-0.25, -0.2) is 8.42 Å². The van der Waals surface area contributed by atoms with Gasteiger partial charge in [-0.1, -0.05) is 11.6 Å². The number of aryl methyl sites for hydroxylation is 2. The molecule has 0 saturated heterocycles. The number of hydrogen-bond donors (Lipinski definition) is 1. The van der Waals surface area contributed by atoms with Crippen LogP contribution in [0.3, 0.4) is 0 Å². The zero-order chi connectivity index (χ0) is 18.8. The van der Waals surface area contributed by atoms with E-state index in [9.17, 15) is 8.42 Å². The fourth-order valence-corrected chi connectivity index (χ4v) is 3.97. The number of ether oxygens (including phenoxy) is 3. The largest absolute Gasteiger partial charge is 0.493 e. The van der Waals surface area contributed by atoms with Crippen LogP contribution in [0.4, 0.5) is 5.69 Å². The summed E-state index contributed by atoms with van der Waals surface area (Å²) in [6.45, 7) is 3.44. The van der Waals surface area contributed by atoms with Gasteiger partial charge in [0.2, 0.25) is 5.75 Å². The fourth-order valence-electron chi connectivity index (χ4n) is 2.39. The highest BCUT2D eigenvalue weighted by molar-refractivity contribution is 7.92. The molecule has 25 heavy (non-hydrogen) atoms. The second-order valence-corrected chi connectivity index (χ2v) is 7.44. The van der Waals surface area contributed by atoms with E-state index in [2.05, 4.69) is 4.72 Å². The monoisotopic (exact) mass is 385 g/mol. The average molecular weight is 386 g/mol. The van der Waals surface area contributed by atoms with Crippen LogP contribution in [0.1, 0.15) is 11.1 Å². The molecule has 8 heteroatoms. The zero-order valence-corrected chi connectivity index (χ0v) is 16.2. The normalized spacial score (nSPS) is 11.1. The van der Waals surface area contributed by atoms with Gasteiger partial charge in [-0.05, 0) is 37.1 Å². The minimum Gasteiger partial charge on any atom is -0.493 e. The fraction of sp³-hybridized carbons (Fsp3) is 0.294. The predicted octanol–water partition coefficient (Wildman–Crippen LogP) is 3.78. The molecule has 0 spiro atoms. The zero-order valence-electron chi connectivity index (χ0n) is 14.6. The molecule has 0 fully saturated rings. The van der Waals surface area contributed by atoms with Gasteiger partial charge in [0.1, 0.15) is 0 Å². The lowest BCUT2D eigenvalue weighted by Gasteiger charge is -2.16. The Morgan fingerprint density at radius 3 is 1.92 bits per heavy atom. The Morgan fingerprint density at radius 1 is 0.880 bits per heavy atom. The molecule has 0 aliphatic rings. The van der Waals surface area contributed by atoms with Crippen molar-refractivity contribution in [2.24, 2.45) is 0 Å². The molecule has 136 valence electrons. The summed E-state index contributed by atoms with van der Waals surface area (Å²) >= 11 is 6.05. The number of hydrogen-bond acceptors (Lipinski definition) is 5. The number of rotatable bonds is 6. The van der Waals surface area contributed by atoms with Crippen molar-refractivity contribution in [1.82, 2.24) is 0 Å². The van der Waals surface area contributed by atoms with Gasteiger partial charge in [-0.3, -0.25) is 4.72 Å². The molecule has 0 aromatic heterocycles. The maximum Gasteiger partial charge on any atom is 0.262 e. The number of halogens is 1. The van der Waals surface area contributed by atoms with E-state index in [4.69, 9.17) is 25.8 Å². The Kier molecular flexibility index (Phi) is 5.69. The molecule has 0 unspecified atom stereocenters. The van der Waals surface area contributed by atoms with Gasteiger partial charge in [0.05, 0.1) is 31.9 Å². The Hall–Kier alpha value is -2.12. The minimum atomic E-state index is -3.81. The van der Waals surface area contributed by atoms with Gasteiger partial charge >= 0.3 is 0 Å². The molecule has 0 aliphatic carbocycles. The van der Waals surface area contributed by atoms with Crippen molar-refractivity contribution in [1.29, 1.82) is 0 Å². The molecule has 0 atom stereocenters. The molecule has 0 amide bonds. The summed E-state index contributed by atoms with van der Waals surface area (Å²) in [6, 6.07) is 6.21. The number of nitrogens with one attached hydrogen (secondary N) is 1. The molecule has 0 heterocycles. The SMILES string of the molecule is COc1cc(NS(=O)(=O)c2cc(C)c(Cl)cc2C)cc(OC)c1OC. The van der Waals surface area contributed by atoms with E-state index in [0.717, 1.165) is 0 Å². The Labute approximate surface area is 152 Å². The summed E-state index contributed by atoms with van der Waals surface area (Å²) in [5.41, 5.74) is 1.52. The third-order valence-corrected chi connectivity index (χ3v) is 5.59. The molecule has 1 N–H and O–H groups in total. The summed E-state index contributed by atoms with van der Waals surface area (Å²) in [6.07, 6.45) is 0. The Bertz CT molecular complexity index is 871. The molecule has 2 aromatic rings. The van der Waals surface area contributed by atoms with Crippen LogP contribution in [0.25, 0.3) is 0 Å². The van der Waals surface area contributed by atoms with Crippen LogP contribution in [0, 0.1) is 13.8 Å². The van der Waals surface area contributed by atoms with Crippen LogP contribution < -0.4 is 18.9 Å². The highest BCUT2D eigenvalue weighted by Crippen LogP contribution is 2.40. The topological polar surface area (TPSA) is 73.9 Å². The molecule has 0 aliphatic heterocycles. The maximum atomic E-state index is 12.8. The molecular formula is C17H20ClNO5S. The van der Waals surface area contributed by atoms with Gasteiger partial charge < -0.3 is 14.2 Å². The van der Waals surface area contributed by atoms with E-state index >= 15 is 0 Å².